The van der Waals surface area contributed by atoms with Gasteiger partial charge in [0.1, 0.15) is 0 Å². The lowest BCUT2D eigenvalue weighted by atomic mass is 9.97. The van der Waals surface area contributed by atoms with E-state index in [-0.39, 0.29) is 0 Å². The van der Waals surface area contributed by atoms with Crippen LogP contribution in [-0.2, 0) is 0 Å². The molecule has 2 aliphatic rings. The molecule has 0 heterocycles. The largest absolute Gasteiger partial charge is 0.0813 e. The van der Waals surface area contributed by atoms with E-state index in [2.05, 4.69) is 19.1 Å². The van der Waals surface area contributed by atoms with Crippen LogP contribution in [0.2, 0.25) is 0 Å². The van der Waals surface area contributed by atoms with E-state index in [1.165, 1.54) is 31.3 Å². The van der Waals surface area contributed by atoms with Gasteiger partial charge in [-0.2, -0.15) is 0 Å². The first-order valence-corrected chi connectivity index (χ1v) is 4.23. The number of allylic oxidation sites excluding steroid dienone is 4. The highest BCUT2D eigenvalue weighted by Gasteiger charge is 2.25. The van der Waals surface area contributed by atoms with Crippen LogP contribution in [0.1, 0.15) is 32.6 Å². The molecule has 0 aromatic carbocycles. The molecule has 0 amide bonds. The quantitative estimate of drug-likeness (QED) is 0.517. The summed E-state index contributed by atoms with van der Waals surface area (Å²) < 4.78 is 0. The lowest BCUT2D eigenvalue weighted by Gasteiger charge is -2.09. The fourth-order valence-corrected chi connectivity index (χ4v) is 1.67. The van der Waals surface area contributed by atoms with Crippen molar-refractivity contribution in [1.29, 1.82) is 0 Å². The molecule has 54 valence electrons. The molecule has 0 spiro atoms. The summed E-state index contributed by atoms with van der Waals surface area (Å²) in [7, 11) is 0. The molecule has 0 N–H and O–H groups in total. The number of hydrogen-bond acceptors (Lipinski definition) is 0. The van der Waals surface area contributed by atoms with Gasteiger partial charge in [0.15, 0.2) is 0 Å². The van der Waals surface area contributed by atoms with Crippen molar-refractivity contribution in [2.45, 2.75) is 32.6 Å². The lowest BCUT2D eigenvalue weighted by Crippen LogP contribution is -1.91. The maximum Gasteiger partial charge on any atom is -0.0199 e. The molecule has 10 heavy (non-hydrogen) atoms. The average Bonchev–Trinajstić information content (AvgIpc) is 2.68. The minimum absolute atomic E-state index is 0.989. The summed E-state index contributed by atoms with van der Waals surface area (Å²) in [6.45, 7) is 2.21. The van der Waals surface area contributed by atoms with Crippen LogP contribution in [0.25, 0.3) is 0 Å². The Balaban J connectivity index is 2.12. The Kier molecular flexibility index (Phi) is 1.40. The van der Waals surface area contributed by atoms with Crippen LogP contribution in [0.15, 0.2) is 23.3 Å². The Labute approximate surface area is 62.6 Å². The standard InChI is InChI=1S/C10H14/c1-8-3-2-4-10(7-8)9-5-6-9/h3,7,9H,2,4-6H2,1H3. The van der Waals surface area contributed by atoms with Crippen molar-refractivity contribution in [3.05, 3.63) is 23.3 Å². The predicted octanol–water partition coefficient (Wildman–Crippen LogP) is 3.06. The molecular weight excluding hydrogens is 120 g/mol. The van der Waals surface area contributed by atoms with Crippen molar-refractivity contribution in [2.75, 3.05) is 0 Å². The third-order valence-corrected chi connectivity index (χ3v) is 2.41. The highest BCUT2D eigenvalue weighted by Crippen LogP contribution is 2.40. The molecular formula is C10H14. The van der Waals surface area contributed by atoms with Crippen LogP contribution in [0.4, 0.5) is 0 Å². The fourth-order valence-electron chi connectivity index (χ4n) is 1.67. The smallest absolute Gasteiger partial charge is 0.0199 e. The van der Waals surface area contributed by atoms with Gasteiger partial charge < -0.3 is 0 Å². The second-order valence-electron chi connectivity index (χ2n) is 3.48. The third kappa shape index (κ3) is 1.16. The van der Waals surface area contributed by atoms with Crippen LogP contribution in [-0.4, -0.2) is 0 Å². The number of hydrogen-bond donors (Lipinski definition) is 0. The Bertz CT molecular complexity index is 192. The molecule has 2 rings (SSSR count). The normalized spacial score (nSPS) is 25.7. The SMILES string of the molecule is CC1=CCCC(C2CC2)=C1. The molecule has 0 unspecified atom stereocenters. The van der Waals surface area contributed by atoms with Gasteiger partial charge in [-0.3, -0.25) is 0 Å². The van der Waals surface area contributed by atoms with E-state index in [0.29, 0.717) is 0 Å². The van der Waals surface area contributed by atoms with Crippen molar-refractivity contribution < 1.29 is 0 Å². The molecule has 2 aliphatic carbocycles. The zero-order valence-electron chi connectivity index (χ0n) is 6.56. The van der Waals surface area contributed by atoms with E-state index < -0.39 is 0 Å². The van der Waals surface area contributed by atoms with Crippen molar-refractivity contribution in [3.8, 4) is 0 Å². The molecule has 0 nitrogen and oxygen atoms in total. The van der Waals surface area contributed by atoms with Gasteiger partial charge in [-0.1, -0.05) is 23.3 Å². The Hall–Kier alpha value is -0.520. The molecule has 0 atom stereocenters. The van der Waals surface area contributed by atoms with E-state index in [1.54, 1.807) is 5.57 Å². The minimum atomic E-state index is 0.989. The molecule has 0 aromatic rings. The van der Waals surface area contributed by atoms with Crippen LogP contribution in [0, 0.1) is 5.92 Å². The first-order valence-electron chi connectivity index (χ1n) is 4.23. The van der Waals surface area contributed by atoms with Gasteiger partial charge in [0.05, 0.1) is 0 Å². The van der Waals surface area contributed by atoms with Crippen molar-refractivity contribution in [1.82, 2.24) is 0 Å². The lowest BCUT2D eigenvalue weighted by molar-refractivity contribution is 0.840. The summed E-state index contributed by atoms with van der Waals surface area (Å²) in [5.74, 6) is 0.989. The monoisotopic (exact) mass is 134 g/mol. The van der Waals surface area contributed by atoms with E-state index in [4.69, 9.17) is 0 Å². The Morgan fingerprint density at radius 1 is 1.40 bits per heavy atom. The summed E-state index contributed by atoms with van der Waals surface area (Å²) in [6.07, 6.45) is 10.3. The third-order valence-electron chi connectivity index (χ3n) is 2.41. The van der Waals surface area contributed by atoms with Gasteiger partial charge in [0, 0.05) is 0 Å². The van der Waals surface area contributed by atoms with Crippen LogP contribution in [0.3, 0.4) is 0 Å². The maximum absolute atomic E-state index is 2.39. The molecule has 0 aliphatic heterocycles. The van der Waals surface area contributed by atoms with Crippen molar-refractivity contribution in [2.24, 2.45) is 5.92 Å². The highest BCUT2D eigenvalue weighted by molar-refractivity contribution is 5.29. The van der Waals surface area contributed by atoms with Crippen LogP contribution >= 0.6 is 0 Å². The second-order valence-corrected chi connectivity index (χ2v) is 3.48. The molecule has 1 saturated carbocycles. The first-order chi connectivity index (χ1) is 4.86. The Morgan fingerprint density at radius 3 is 2.80 bits per heavy atom. The van der Waals surface area contributed by atoms with E-state index in [1.807, 2.05) is 0 Å². The molecule has 0 aromatic heterocycles. The zero-order chi connectivity index (χ0) is 6.97. The van der Waals surface area contributed by atoms with E-state index in [0.717, 1.165) is 5.92 Å². The van der Waals surface area contributed by atoms with Gasteiger partial charge in [-0.05, 0) is 38.5 Å². The molecule has 0 radical (unpaired) electrons. The van der Waals surface area contributed by atoms with Gasteiger partial charge >= 0.3 is 0 Å². The molecule has 0 heteroatoms. The van der Waals surface area contributed by atoms with Crippen LogP contribution in [0.5, 0.6) is 0 Å². The fraction of sp³-hybridized carbons (Fsp3) is 0.600. The van der Waals surface area contributed by atoms with E-state index >= 15 is 0 Å². The Morgan fingerprint density at radius 2 is 2.20 bits per heavy atom. The van der Waals surface area contributed by atoms with E-state index in [9.17, 15) is 0 Å². The summed E-state index contributed by atoms with van der Waals surface area (Å²) in [6, 6.07) is 0. The average molecular weight is 134 g/mol. The molecule has 0 saturated heterocycles. The number of rotatable bonds is 1. The molecule has 0 bridgehead atoms. The van der Waals surface area contributed by atoms with Gasteiger partial charge in [0.25, 0.3) is 0 Å². The summed E-state index contributed by atoms with van der Waals surface area (Å²) >= 11 is 0. The summed E-state index contributed by atoms with van der Waals surface area (Å²) in [5, 5.41) is 0. The summed E-state index contributed by atoms with van der Waals surface area (Å²) in [4.78, 5) is 0. The van der Waals surface area contributed by atoms with Crippen LogP contribution < -0.4 is 0 Å². The maximum atomic E-state index is 2.39. The predicted molar refractivity (Wildman–Crippen MR) is 43.8 cm³/mol. The highest BCUT2D eigenvalue weighted by atomic mass is 14.3. The summed E-state index contributed by atoms with van der Waals surface area (Å²) in [5.41, 5.74) is 3.20. The second kappa shape index (κ2) is 2.26. The van der Waals surface area contributed by atoms with Gasteiger partial charge in [0.2, 0.25) is 0 Å². The minimum Gasteiger partial charge on any atom is -0.0813 e. The van der Waals surface area contributed by atoms with Gasteiger partial charge in [-0.15, -0.1) is 0 Å². The van der Waals surface area contributed by atoms with Crippen molar-refractivity contribution >= 4 is 0 Å². The zero-order valence-corrected chi connectivity index (χ0v) is 6.56. The molecule has 1 fully saturated rings. The van der Waals surface area contributed by atoms with Crippen molar-refractivity contribution in [3.63, 3.8) is 0 Å². The first kappa shape index (κ1) is 6.21. The van der Waals surface area contributed by atoms with Gasteiger partial charge in [-0.25, -0.2) is 0 Å². The topological polar surface area (TPSA) is 0 Å².